The van der Waals surface area contributed by atoms with Crippen LogP contribution in [0.3, 0.4) is 0 Å². The van der Waals surface area contributed by atoms with Gasteiger partial charge in [-0.25, -0.2) is 4.98 Å². The van der Waals surface area contributed by atoms with Crippen LogP contribution in [0.2, 0.25) is 5.02 Å². The summed E-state index contributed by atoms with van der Waals surface area (Å²) in [6.07, 6.45) is 3.18. The number of nitrogens with zero attached hydrogens (tertiary/aromatic N) is 2. The highest BCUT2D eigenvalue weighted by Gasteiger charge is 2.17. The van der Waals surface area contributed by atoms with Crippen LogP contribution in [-0.2, 0) is 0 Å². The number of rotatable bonds is 3. The molecule has 0 spiro atoms. The van der Waals surface area contributed by atoms with Gasteiger partial charge in [-0.3, -0.25) is 14.9 Å². The summed E-state index contributed by atoms with van der Waals surface area (Å²) >= 11 is 7.31. The van der Waals surface area contributed by atoms with E-state index in [1.807, 2.05) is 18.4 Å². The zero-order valence-electron chi connectivity index (χ0n) is 12.5. The zero-order valence-corrected chi connectivity index (χ0v) is 14.1. The number of nitrogens with one attached hydrogen (secondary N) is 1. The van der Waals surface area contributed by atoms with Gasteiger partial charge in [0.25, 0.3) is 5.91 Å². The smallest absolute Gasteiger partial charge is 0.262 e. The van der Waals surface area contributed by atoms with E-state index in [9.17, 15) is 9.59 Å². The number of fused-ring (bicyclic) bond motifs is 1. The Morgan fingerprint density at radius 3 is 2.83 bits per heavy atom. The van der Waals surface area contributed by atoms with E-state index in [0.717, 1.165) is 5.52 Å². The summed E-state index contributed by atoms with van der Waals surface area (Å²) in [5.74, 6) is -0.471. The summed E-state index contributed by atoms with van der Waals surface area (Å²) in [6.45, 7) is 3.97. The molecule has 3 rings (SSSR count). The predicted octanol–water partition coefficient (Wildman–Crippen LogP) is 3.94. The molecule has 23 heavy (non-hydrogen) atoms. The number of hydrogen-bond acceptors (Lipinski definition) is 4. The number of aromatic nitrogens is 2. The lowest BCUT2D eigenvalue weighted by molar-refractivity contribution is 0.102. The maximum absolute atomic E-state index is 12.7. The number of thiazole rings is 1. The number of halogens is 1. The Balaban J connectivity index is 2.18. The second-order valence-corrected chi connectivity index (χ2v) is 6.66. The molecule has 0 aliphatic rings. The Hall–Kier alpha value is -2.18. The van der Waals surface area contributed by atoms with Gasteiger partial charge in [0.05, 0.1) is 5.52 Å². The third-order valence-electron chi connectivity index (χ3n) is 3.45. The van der Waals surface area contributed by atoms with Crippen LogP contribution < -0.4 is 10.7 Å². The topological polar surface area (TPSA) is 64.0 Å². The number of pyridine rings is 1. The van der Waals surface area contributed by atoms with Gasteiger partial charge in [0, 0.05) is 34.2 Å². The molecule has 0 fully saturated rings. The minimum atomic E-state index is -0.471. The molecule has 2 heterocycles. The maximum atomic E-state index is 12.7. The van der Waals surface area contributed by atoms with Gasteiger partial charge in [-0.05, 0) is 32.0 Å². The summed E-state index contributed by atoms with van der Waals surface area (Å²) in [5.41, 5.74) is 0.484. The lowest BCUT2D eigenvalue weighted by Gasteiger charge is -2.16. The Bertz CT molecular complexity index is 932. The number of carbonyl (C=O) groups is 1. The fourth-order valence-corrected chi connectivity index (χ4v) is 3.06. The van der Waals surface area contributed by atoms with Crippen molar-refractivity contribution in [3.8, 4) is 0 Å². The molecule has 0 aliphatic heterocycles. The Kier molecular flexibility index (Phi) is 4.19. The van der Waals surface area contributed by atoms with Crippen LogP contribution in [0.4, 0.5) is 5.13 Å². The van der Waals surface area contributed by atoms with Gasteiger partial charge in [-0.1, -0.05) is 11.6 Å². The fraction of sp³-hybridized carbons (Fsp3) is 0.188. The molecule has 0 saturated heterocycles. The van der Waals surface area contributed by atoms with Crippen LogP contribution in [-0.4, -0.2) is 15.5 Å². The number of benzene rings is 1. The van der Waals surface area contributed by atoms with Gasteiger partial charge in [0.1, 0.15) is 5.56 Å². The van der Waals surface area contributed by atoms with E-state index in [1.54, 1.807) is 36.0 Å². The molecule has 118 valence electrons. The van der Waals surface area contributed by atoms with Crippen molar-refractivity contribution in [2.24, 2.45) is 0 Å². The van der Waals surface area contributed by atoms with Crippen molar-refractivity contribution in [1.29, 1.82) is 0 Å². The highest BCUT2D eigenvalue weighted by atomic mass is 35.5. The van der Waals surface area contributed by atoms with E-state index in [4.69, 9.17) is 11.6 Å². The predicted molar refractivity (Wildman–Crippen MR) is 93.7 cm³/mol. The zero-order chi connectivity index (χ0) is 16.6. The third kappa shape index (κ3) is 3.00. The van der Waals surface area contributed by atoms with Crippen LogP contribution in [0, 0.1) is 0 Å². The molecule has 0 saturated carbocycles. The summed E-state index contributed by atoms with van der Waals surface area (Å²) in [4.78, 5) is 29.1. The van der Waals surface area contributed by atoms with Crippen molar-refractivity contribution in [3.63, 3.8) is 0 Å². The molecule has 1 amide bonds. The van der Waals surface area contributed by atoms with Crippen molar-refractivity contribution >= 4 is 44.9 Å². The van der Waals surface area contributed by atoms with Gasteiger partial charge < -0.3 is 4.57 Å². The second kappa shape index (κ2) is 6.14. The summed E-state index contributed by atoms with van der Waals surface area (Å²) in [6, 6.07) is 5.21. The van der Waals surface area contributed by atoms with Gasteiger partial charge in [0.2, 0.25) is 5.43 Å². The van der Waals surface area contributed by atoms with Crippen molar-refractivity contribution < 1.29 is 4.79 Å². The largest absolute Gasteiger partial charge is 0.344 e. The molecule has 0 aliphatic carbocycles. The first-order valence-electron chi connectivity index (χ1n) is 7.02. The molecule has 0 radical (unpaired) electrons. The lowest BCUT2D eigenvalue weighted by atomic mass is 10.1. The van der Waals surface area contributed by atoms with E-state index >= 15 is 0 Å². The number of carbonyl (C=O) groups excluding carboxylic acids is 1. The third-order valence-corrected chi connectivity index (χ3v) is 4.37. The second-order valence-electron chi connectivity index (χ2n) is 5.33. The van der Waals surface area contributed by atoms with Crippen LogP contribution in [0.25, 0.3) is 10.9 Å². The standard InChI is InChI=1S/C16H14ClN3O2S/c1-9(2)20-8-12(15(22)19-16-18-5-6-23-16)14(21)11-7-10(17)3-4-13(11)20/h3-9H,1-2H3,(H,18,19,22). The van der Waals surface area contributed by atoms with E-state index in [1.165, 1.54) is 11.3 Å². The molecule has 0 atom stereocenters. The molecular formula is C16H14ClN3O2S. The molecule has 5 nitrogen and oxygen atoms in total. The minimum absolute atomic E-state index is 0.0728. The highest BCUT2D eigenvalue weighted by Crippen LogP contribution is 2.21. The summed E-state index contributed by atoms with van der Waals surface area (Å²) in [7, 11) is 0. The minimum Gasteiger partial charge on any atom is -0.344 e. The van der Waals surface area contributed by atoms with Crippen molar-refractivity contribution in [3.05, 3.63) is 56.8 Å². The van der Waals surface area contributed by atoms with Gasteiger partial charge >= 0.3 is 0 Å². The van der Waals surface area contributed by atoms with Crippen molar-refractivity contribution in [1.82, 2.24) is 9.55 Å². The van der Waals surface area contributed by atoms with Crippen LogP contribution in [0.5, 0.6) is 0 Å². The molecule has 3 aromatic rings. The molecule has 7 heteroatoms. The Morgan fingerprint density at radius 1 is 1.39 bits per heavy atom. The van der Waals surface area contributed by atoms with Crippen LogP contribution in [0.1, 0.15) is 30.2 Å². The number of hydrogen-bond donors (Lipinski definition) is 1. The first kappa shape index (κ1) is 15.7. The first-order valence-corrected chi connectivity index (χ1v) is 8.28. The van der Waals surface area contributed by atoms with Crippen molar-refractivity contribution in [2.45, 2.75) is 19.9 Å². The molecule has 1 aromatic carbocycles. The fourth-order valence-electron chi connectivity index (χ4n) is 2.37. The quantitative estimate of drug-likeness (QED) is 0.780. The number of amides is 1. The first-order chi connectivity index (χ1) is 11.0. The normalized spacial score (nSPS) is 11.1. The van der Waals surface area contributed by atoms with Gasteiger partial charge in [-0.15, -0.1) is 11.3 Å². The van der Waals surface area contributed by atoms with Crippen LogP contribution >= 0.6 is 22.9 Å². The van der Waals surface area contributed by atoms with Crippen molar-refractivity contribution in [2.75, 3.05) is 5.32 Å². The van der Waals surface area contributed by atoms with Gasteiger partial charge in [0.15, 0.2) is 5.13 Å². The monoisotopic (exact) mass is 347 g/mol. The average molecular weight is 348 g/mol. The maximum Gasteiger partial charge on any atom is 0.262 e. The lowest BCUT2D eigenvalue weighted by Crippen LogP contribution is -2.24. The van der Waals surface area contributed by atoms with E-state index < -0.39 is 5.91 Å². The van der Waals surface area contributed by atoms with Gasteiger partial charge in [-0.2, -0.15) is 0 Å². The molecule has 2 aromatic heterocycles. The highest BCUT2D eigenvalue weighted by molar-refractivity contribution is 7.13. The molecule has 0 unspecified atom stereocenters. The molecule has 0 bridgehead atoms. The Morgan fingerprint density at radius 2 is 2.17 bits per heavy atom. The molecular weight excluding hydrogens is 334 g/mol. The van der Waals surface area contributed by atoms with Crippen LogP contribution in [0.15, 0.2) is 40.8 Å². The van der Waals surface area contributed by atoms with E-state index in [2.05, 4.69) is 10.3 Å². The van der Waals surface area contributed by atoms with E-state index in [0.29, 0.717) is 15.5 Å². The average Bonchev–Trinajstić information content (AvgIpc) is 3.00. The summed E-state index contributed by atoms with van der Waals surface area (Å²) < 4.78 is 1.89. The molecule has 1 N–H and O–H groups in total. The SMILES string of the molecule is CC(C)n1cc(C(=O)Nc2nccs2)c(=O)c2cc(Cl)ccc21. The summed E-state index contributed by atoms with van der Waals surface area (Å²) in [5, 5.41) is 5.74. The Labute approximate surface area is 141 Å². The number of anilines is 1. The van der Waals surface area contributed by atoms with E-state index in [-0.39, 0.29) is 17.0 Å².